The van der Waals surface area contributed by atoms with E-state index in [1.807, 2.05) is 0 Å². The van der Waals surface area contributed by atoms with Gasteiger partial charge < -0.3 is 4.90 Å². The summed E-state index contributed by atoms with van der Waals surface area (Å²) < 4.78 is 0. The van der Waals surface area contributed by atoms with Gasteiger partial charge in [-0.2, -0.15) is 0 Å². The summed E-state index contributed by atoms with van der Waals surface area (Å²) in [5.41, 5.74) is 8.96. The highest BCUT2D eigenvalue weighted by Crippen LogP contribution is 2.32. The highest BCUT2D eigenvalue weighted by molar-refractivity contribution is 5.71. The molecule has 1 heterocycles. The van der Waals surface area contributed by atoms with Gasteiger partial charge in [0.15, 0.2) is 0 Å². The molecule has 0 radical (unpaired) electrons. The maximum atomic E-state index is 4.36. The van der Waals surface area contributed by atoms with Crippen molar-refractivity contribution in [3.05, 3.63) is 101 Å². The van der Waals surface area contributed by atoms with Crippen LogP contribution in [0.4, 0.5) is 0 Å². The van der Waals surface area contributed by atoms with Gasteiger partial charge in [0.2, 0.25) is 0 Å². The third-order valence-electron chi connectivity index (χ3n) is 4.85. The van der Waals surface area contributed by atoms with Gasteiger partial charge in [0.1, 0.15) is 0 Å². The summed E-state index contributed by atoms with van der Waals surface area (Å²) in [5.74, 6) is 0. The fraction of sp³-hybridized carbons (Fsp3) is 0.250. The highest BCUT2D eigenvalue weighted by atomic mass is 15.2. The van der Waals surface area contributed by atoms with Gasteiger partial charge >= 0.3 is 0 Å². The van der Waals surface area contributed by atoms with Gasteiger partial charge in [-0.1, -0.05) is 67.3 Å². The van der Waals surface area contributed by atoms with Crippen molar-refractivity contribution in [1.82, 2.24) is 4.90 Å². The van der Waals surface area contributed by atoms with Gasteiger partial charge in [-0.25, -0.2) is 0 Å². The van der Waals surface area contributed by atoms with Gasteiger partial charge in [0.05, 0.1) is 0 Å². The summed E-state index contributed by atoms with van der Waals surface area (Å²) >= 11 is 0. The molecular weight excluding hydrogens is 302 g/mol. The molecule has 3 rings (SSSR count). The van der Waals surface area contributed by atoms with E-state index in [0.29, 0.717) is 0 Å². The van der Waals surface area contributed by atoms with Crippen LogP contribution in [0.25, 0.3) is 5.70 Å². The minimum atomic E-state index is 0.854. The molecule has 0 N–H and O–H groups in total. The van der Waals surface area contributed by atoms with Gasteiger partial charge in [0, 0.05) is 17.9 Å². The first kappa shape index (κ1) is 17.3. The van der Waals surface area contributed by atoms with Crippen LogP contribution in [-0.4, -0.2) is 11.4 Å². The second-order valence-corrected chi connectivity index (χ2v) is 6.99. The Bertz CT molecular complexity index is 811. The minimum Gasteiger partial charge on any atom is -0.341 e. The maximum absolute atomic E-state index is 4.36. The predicted octanol–water partition coefficient (Wildman–Crippen LogP) is 6.05. The van der Waals surface area contributed by atoms with Gasteiger partial charge in [-0.05, 0) is 61.4 Å². The Morgan fingerprint density at radius 1 is 1.08 bits per heavy atom. The minimum absolute atomic E-state index is 0.854. The van der Waals surface area contributed by atoms with Crippen molar-refractivity contribution in [2.24, 2.45) is 0 Å². The third kappa shape index (κ3) is 4.11. The summed E-state index contributed by atoms with van der Waals surface area (Å²) in [6.07, 6.45) is 5.41. The topological polar surface area (TPSA) is 3.24 Å². The van der Waals surface area contributed by atoms with Crippen molar-refractivity contribution < 1.29 is 0 Å². The smallest absolute Gasteiger partial charge is 0.0488 e. The molecule has 2 aromatic rings. The molecule has 1 heteroatoms. The fourth-order valence-corrected chi connectivity index (χ4v) is 3.48. The molecule has 1 nitrogen and oxygen atoms in total. The molecule has 0 aromatic heterocycles. The second-order valence-electron chi connectivity index (χ2n) is 6.99. The zero-order valence-electron chi connectivity index (χ0n) is 15.4. The number of nitrogens with zero attached hydrogens (tertiary/aromatic N) is 1. The van der Waals surface area contributed by atoms with Crippen LogP contribution in [0.5, 0.6) is 0 Å². The fourth-order valence-electron chi connectivity index (χ4n) is 3.48. The van der Waals surface area contributed by atoms with Crippen molar-refractivity contribution in [2.75, 3.05) is 6.54 Å². The Morgan fingerprint density at radius 3 is 2.56 bits per heavy atom. The molecule has 0 amide bonds. The van der Waals surface area contributed by atoms with E-state index >= 15 is 0 Å². The SMILES string of the molecule is C=C1C=C(c2ccccc2)N(C(=C)CCCc2ccc(C)cc2C)C1. The number of rotatable bonds is 6. The quantitative estimate of drug-likeness (QED) is 0.623. The summed E-state index contributed by atoms with van der Waals surface area (Å²) in [6, 6.07) is 17.3. The molecule has 128 valence electrons. The average molecular weight is 329 g/mol. The van der Waals surface area contributed by atoms with Crippen molar-refractivity contribution >= 4 is 5.70 Å². The number of aryl methyl sites for hydroxylation is 3. The molecule has 0 bridgehead atoms. The summed E-state index contributed by atoms with van der Waals surface area (Å²) in [6.45, 7) is 13.7. The molecule has 0 aliphatic carbocycles. The van der Waals surface area contributed by atoms with E-state index in [1.54, 1.807) is 0 Å². The highest BCUT2D eigenvalue weighted by Gasteiger charge is 2.21. The van der Waals surface area contributed by atoms with E-state index < -0.39 is 0 Å². The lowest BCUT2D eigenvalue weighted by atomic mass is 10.00. The Balaban J connectivity index is 1.63. The van der Waals surface area contributed by atoms with Crippen LogP contribution in [0.1, 0.15) is 35.1 Å². The third-order valence-corrected chi connectivity index (χ3v) is 4.85. The van der Waals surface area contributed by atoms with Crippen molar-refractivity contribution in [1.29, 1.82) is 0 Å². The van der Waals surface area contributed by atoms with E-state index in [0.717, 1.165) is 31.4 Å². The van der Waals surface area contributed by atoms with Gasteiger partial charge in [-0.15, -0.1) is 0 Å². The van der Waals surface area contributed by atoms with Crippen molar-refractivity contribution in [3.63, 3.8) is 0 Å². The molecular formula is C24H27N. The van der Waals surface area contributed by atoms with Crippen LogP contribution in [0.2, 0.25) is 0 Å². The van der Waals surface area contributed by atoms with Crippen LogP contribution in [0, 0.1) is 13.8 Å². The van der Waals surface area contributed by atoms with E-state index in [9.17, 15) is 0 Å². The van der Waals surface area contributed by atoms with Crippen molar-refractivity contribution in [2.45, 2.75) is 33.1 Å². The number of allylic oxidation sites excluding steroid dienone is 1. The lowest BCUT2D eigenvalue weighted by molar-refractivity contribution is 0.518. The van der Waals surface area contributed by atoms with E-state index in [1.165, 1.54) is 33.6 Å². The number of hydrogen-bond acceptors (Lipinski definition) is 1. The number of hydrogen-bond donors (Lipinski definition) is 0. The molecule has 2 aromatic carbocycles. The zero-order chi connectivity index (χ0) is 17.8. The van der Waals surface area contributed by atoms with Crippen LogP contribution < -0.4 is 0 Å². The van der Waals surface area contributed by atoms with E-state index in [4.69, 9.17) is 0 Å². The summed E-state index contributed by atoms with van der Waals surface area (Å²) in [4.78, 5) is 2.32. The normalized spacial score (nSPS) is 13.9. The second kappa shape index (κ2) is 7.57. The lowest BCUT2D eigenvalue weighted by Gasteiger charge is -2.25. The molecule has 25 heavy (non-hydrogen) atoms. The van der Waals surface area contributed by atoms with Gasteiger partial charge in [-0.3, -0.25) is 0 Å². The first-order valence-electron chi connectivity index (χ1n) is 9.01. The Kier molecular flexibility index (Phi) is 5.23. The molecule has 0 saturated carbocycles. The van der Waals surface area contributed by atoms with Crippen LogP contribution in [0.3, 0.4) is 0 Å². The summed E-state index contributed by atoms with van der Waals surface area (Å²) in [7, 11) is 0. The first-order chi connectivity index (χ1) is 12.0. The molecule has 1 aliphatic rings. The van der Waals surface area contributed by atoms with E-state index in [2.05, 4.69) is 86.5 Å². The van der Waals surface area contributed by atoms with Crippen LogP contribution in [0.15, 0.2) is 79.0 Å². The lowest BCUT2D eigenvalue weighted by Crippen LogP contribution is -2.18. The van der Waals surface area contributed by atoms with Crippen LogP contribution in [-0.2, 0) is 6.42 Å². The Morgan fingerprint density at radius 2 is 1.84 bits per heavy atom. The van der Waals surface area contributed by atoms with Crippen LogP contribution >= 0.6 is 0 Å². The van der Waals surface area contributed by atoms with E-state index in [-0.39, 0.29) is 0 Å². The predicted molar refractivity (Wildman–Crippen MR) is 108 cm³/mol. The number of benzene rings is 2. The zero-order valence-corrected chi connectivity index (χ0v) is 15.4. The monoisotopic (exact) mass is 329 g/mol. The Labute approximate surface area is 152 Å². The summed E-state index contributed by atoms with van der Waals surface area (Å²) in [5, 5.41) is 0. The average Bonchev–Trinajstić information content (AvgIpc) is 2.99. The molecule has 1 aliphatic heterocycles. The molecule has 0 saturated heterocycles. The Hall–Kier alpha value is -2.54. The standard InChI is InChI=1S/C24H27N/c1-18-13-14-22(20(3)15-18)12-8-9-21(4)25-17-19(2)16-24(25)23-10-6-5-7-11-23/h5-7,10-11,13-16H,2,4,8-9,12,17H2,1,3H3. The molecule has 0 fully saturated rings. The molecule has 0 spiro atoms. The molecule has 0 unspecified atom stereocenters. The van der Waals surface area contributed by atoms with Gasteiger partial charge in [0.25, 0.3) is 0 Å². The first-order valence-corrected chi connectivity index (χ1v) is 9.01. The molecule has 0 atom stereocenters. The largest absolute Gasteiger partial charge is 0.341 e. The van der Waals surface area contributed by atoms with Crippen molar-refractivity contribution in [3.8, 4) is 0 Å². The maximum Gasteiger partial charge on any atom is 0.0488 e.